The summed E-state index contributed by atoms with van der Waals surface area (Å²) < 4.78 is 26.7. The van der Waals surface area contributed by atoms with Gasteiger partial charge in [0.05, 0.1) is 6.42 Å². The maximum atomic E-state index is 13.4. The number of nitrogens with one attached hydrogen (secondary N) is 1. The summed E-state index contributed by atoms with van der Waals surface area (Å²) in [5, 5.41) is 2.54. The number of aryl methyl sites for hydroxylation is 1. The minimum Gasteiger partial charge on any atom is -0.326 e. The first-order valence-electron chi connectivity index (χ1n) is 5.85. The minimum atomic E-state index is -0.423. The van der Waals surface area contributed by atoms with Crippen molar-refractivity contribution in [2.24, 2.45) is 0 Å². The lowest BCUT2D eigenvalue weighted by Gasteiger charge is -2.07. The van der Waals surface area contributed by atoms with Crippen molar-refractivity contribution in [3.63, 3.8) is 0 Å². The number of halogens is 2. The smallest absolute Gasteiger partial charge is 0.228 e. The second-order valence-electron chi connectivity index (χ2n) is 4.28. The van der Waals surface area contributed by atoms with Crippen molar-refractivity contribution >= 4 is 11.6 Å². The normalized spacial score (nSPS) is 10.3. The van der Waals surface area contributed by atoms with E-state index in [4.69, 9.17) is 0 Å². The monoisotopic (exact) mass is 261 g/mol. The lowest BCUT2D eigenvalue weighted by Crippen LogP contribution is -2.15. The van der Waals surface area contributed by atoms with Crippen LogP contribution in [0.4, 0.5) is 14.5 Å². The Morgan fingerprint density at radius 2 is 1.84 bits per heavy atom. The van der Waals surface area contributed by atoms with Gasteiger partial charge in [0.25, 0.3) is 0 Å². The van der Waals surface area contributed by atoms with Crippen LogP contribution < -0.4 is 5.32 Å². The summed E-state index contributed by atoms with van der Waals surface area (Å²) in [6.45, 7) is 1.64. The maximum Gasteiger partial charge on any atom is 0.228 e. The van der Waals surface area contributed by atoms with Crippen LogP contribution in [0.15, 0.2) is 42.5 Å². The third-order valence-corrected chi connectivity index (χ3v) is 2.76. The summed E-state index contributed by atoms with van der Waals surface area (Å²) in [4.78, 5) is 11.7. The van der Waals surface area contributed by atoms with E-state index < -0.39 is 5.82 Å². The van der Waals surface area contributed by atoms with Gasteiger partial charge in [-0.2, -0.15) is 0 Å². The van der Waals surface area contributed by atoms with Crippen molar-refractivity contribution in [1.29, 1.82) is 0 Å². The van der Waals surface area contributed by atoms with Crippen LogP contribution in [0.3, 0.4) is 0 Å². The second-order valence-corrected chi connectivity index (χ2v) is 4.28. The molecule has 2 nitrogen and oxygen atoms in total. The van der Waals surface area contributed by atoms with E-state index in [1.54, 1.807) is 37.3 Å². The third kappa shape index (κ3) is 3.37. The van der Waals surface area contributed by atoms with Gasteiger partial charge in [-0.25, -0.2) is 8.78 Å². The van der Waals surface area contributed by atoms with Crippen LogP contribution in [0.2, 0.25) is 0 Å². The van der Waals surface area contributed by atoms with Gasteiger partial charge in [0, 0.05) is 5.69 Å². The van der Waals surface area contributed by atoms with Crippen LogP contribution in [0.5, 0.6) is 0 Å². The Hall–Kier alpha value is -2.23. The largest absolute Gasteiger partial charge is 0.326 e. The van der Waals surface area contributed by atoms with Crippen molar-refractivity contribution in [3.05, 3.63) is 65.2 Å². The van der Waals surface area contributed by atoms with Crippen molar-refractivity contribution in [3.8, 4) is 0 Å². The molecule has 0 spiro atoms. The number of rotatable bonds is 3. The van der Waals surface area contributed by atoms with Crippen molar-refractivity contribution in [1.82, 2.24) is 0 Å². The van der Waals surface area contributed by atoms with E-state index >= 15 is 0 Å². The predicted molar refractivity (Wildman–Crippen MR) is 69.9 cm³/mol. The fraction of sp³-hybridized carbons (Fsp3) is 0.133. The first kappa shape index (κ1) is 13.2. The quantitative estimate of drug-likeness (QED) is 0.900. The molecule has 2 aromatic carbocycles. The molecule has 0 bridgehead atoms. The highest BCUT2D eigenvalue weighted by Gasteiger charge is 2.08. The number of hydrogen-bond acceptors (Lipinski definition) is 1. The first-order valence-corrected chi connectivity index (χ1v) is 5.85. The molecule has 1 amide bonds. The molecule has 0 heterocycles. The number of amides is 1. The summed E-state index contributed by atoms with van der Waals surface area (Å²) in [5.74, 6) is -1.19. The average molecular weight is 261 g/mol. The maximum absolute atomic E-state index is 13.4. The van der Waals surface area contributed by atoms with E-state index in [2.05, 4.69) is 5.32 Å². The predicted octanol–water partition coefficient (Wildman–Crippen LogP) is 3.45. The van der Waals surface area contributed by atoms with Gasteiger partial charge in [0.15, 0.2) is 0 Å². The highest BCUT2D eigenvalue weighted by Crippen LogP contribution is 2.14. The topological polar surface area (TPSA) is 29.1 Å². The molecule has 0 aromatic heterocycles. The summed E-state index contributed by atoms with van der Waals surface area (Å²) in [7, 11) is 0. The van der Waals surface area contributed by atoms with Gasteiger partial charge in [-0.05, 0) is 36.2 Å². The molecule has 0 aliphatic heterocycles. The van der Waals surface area contributed by atoms with Crippen LogP contribution in [-0.4, -0.2) is 5.91 Å². The molecule has 4 heteroatoms. The Morgan fingerprint density at radius 3 is 2.53 bits per heavy atom. The lowest BCUT2D eigenvalue weighted by atomic mass is 10.1. The van der Waals surface area contributed by atoms with Crippen molar-refractivity contribution in [2.75, 3.05) is 5.32 Å². The minimum absolute atomic E-state index is 0.0812. The molecule has 0 radical (unpaired) electrons. The molecule has 19 heavy (non-hydrogen) atoms. The summed E-state index contributed by atoms with van der Waals surface area (Å²) in [5.41, 5.74) is 1.18. The molecule has 0 aliphatic rings. The van der Waals surface area contributed by atoms with Gasteiger partial charge >= 0.3 is 0 Å². The molecule has 2 aromatic rings. The van der Waals surface area contributed by atoms with Gasteiger partial charge in [-0.15, -0.1) is 0 Å². The molecule has 0 fully saturated rings. The van der Waals surface area contributed by atoms with Gasteiger partial charge in [-0.3, -0.25) is 4.79 Å². The molecule has 2 rings (SSSR count). The van der Waals surface area contributed by atoms with Gasteiger partial charge in [0.1, 0.15) is 11.6 Å². The Morgan fingerprint density at radius 1 is 1.11 bits per heavy atom. The van der Waals surface area contributed by atoms with Crippen LogP contribution in [0.25, 0.3) is 0 Å². The van der Waals surface area contributed by atoms with Crippen molar-refractivity contribution in [2.45, 2.75) is 13.3 Å². The number of anilines is 1. The Kier molecular flexibility index (Phi) is 3.90. The molecule has 0 unspecified atom stereocenters. The molecule has 0 saturated heterocycles. The standard InChI is InChI=1S/C15H13F2NO/c1-10-6-7-12(9-14(10)17)18-15(19)8-11-4-2-3-5-13(11)16/h2-7,9H,8H2,1H3,(H,18,19). The average Bonchev–Trinajstić information content (AvgIpc) is 2.37. The van der Waals surface area contributed by atoms with Gasteiger partial charge in [-0.1, -0.05) is 24.3 Å². The zero-order valence-electron chi connectivity index (χ0n) is 10.4. The van der Waals surface area contributed by atoms with Gasteiger partial charge < -0.3 is 5.32 Å². The Bertz CT molecular complexity index is 611. The van der Waals surface area contributed by atoms with E-state index in [-0.39, 0.29) is 18.1 Å². The van der Waals surface area contributed by atoms with Crippen LogP contribution in [0, 0.1) is 18.6 Å². The number of carbonyl (C=O) groups excluding carboxylic acids is 1. The van der Waals surface area contributed by atoms with Crippen LogP contribution in [0.1, 0.15) is 11.1 Å². The van der Waals surface area contributed by atoms with E-state index in [9.17, 15) is 13.6 Å². The summed E-state index contributed by atoms with van der Waals surface area (Å²) in [6.07, 6.45) is -0.0812. The lowest BCUT2D eigenvalue weighted by molar-refractivity contribution is -0.115. The molecule has 0 aliphatic carbocycles. The molecule has 1 N–H and O–H groups in total. The van der Waals surface area contributed by atoms with Crippen molar-refractivity contribution < 1.29 is 13.6 Å². The summed E-state index contributed by atoms with van der Waals surface area (Å²) >= 11 is 0. The fourth-order valence-corrected chi connectivity index (χ4v) is 1.69. The first-order chi connectivity index (χ1) is 9.06. The number of carbonyl (C=O) groups is 1. The fourth-order valence-electron chi connectivity index (χ4n) is 1.69. The number of benzene rings is 2. The molecular weight excluding hydrogens is 248 g/mol. The molecule has 0 saturated carbocycles. The van der Waals surface area contributed by atoms with E-state index in [1.165, 1.54) is 12.1 Å². The molecule has 0 atom stereocenters. The molecular formula is C15H13F2NO. The second kappa shape index (κ2) is 5.61. The van der Waals surface area contributed by atoms with E-state index in [1.807, 2.05) is 0 Å². The Labute approximate surface area is 110 Å². The zero-order chi connectivity index (χ0) is 13.8. The van der Waals surface area contributed by atoms with Crippen LogP contribution >= 0.6 is 0 Å². The van der Waals surface area contributed by atoms with Gasteiger partial charge in [0.2, 0.25) is 5.91 Å². The Balaban J connectivity index is 2.05. The van der Waals surface area contributed by atoms with E-state index in [0.717, 1.165) is 0 Å². The molecule has 98 valence electrons. The third-order valence-electron chi connectivity index (χ3n) is 2.76. The zero-order valence-corrected chi connectivity index (χ0v) is 10.4. The van der Waals surface area contributed by atoms with E-state index in [0.29, 0.717) is 16.8 Å². The highest BCUT2D eigenvalue weighted by molar-refractivity contribution is 5.92. The SMILES string of the molecule is Cc1ccc(NC(=O)Cc2ccccc2F)cc1F. The van der Waals surface area contributed by atoms with Crippen LogP contribution in [-0.2, 0) is 11.2 Å². The number of hydrogen-bond donors (Lipinski definition) is 1. The highest BCUT2D eigenvalue weighted by atomic mass is 19.1. The summed E-state index contributed by atoms with van der Waals surface area (Å²) in [6, 6.07) is 10.5.